The van der Waals surface area contributed by atoms with Crippen molar-refractivity contribution in [3.8, 4) is 0 Å². The average molecular weight is 481 g/mol. The minimum atomic E-state index is -4.20. The number of carbonyl (C=O) groups is 1. The zero-order chi connectivity index (χ0) is 23.8. The van der Waals surface area contributed by atoms with Crippen molar-refractivity contribution in [2.24, 2.45) is 17.1 Å². The molecular formula is C24H37FN4O3S. The van der Waals surface area contributed by atoms with Gasteiger partial charge in [0, 0.05) is 50.6 Å². The molecule has 1 amide bonds. The number of fused-ring (bicyclic) bond motifs is 4. The number of hydrogen-bond acceptors (Lipinski definition) is 6. The van der Waals surface area contributed by atoms with E-state index in [0.29, 0.717) is 13.1 Å². The molecule has 9 heteroatoms. The quantitative estimate of drug-likeness (QED) is 0.673. The molecule has 4 saturated heterocycles. The maximum atomic E-state index is 14.7. The number of sulfone groups is 1. The average Bonchev–Trinajstić information content (AvgIpc) is 3.06. The van der Waals surface area contributed by atoms with Crippen LogP contribution in [0.25, 0.3) is 0 Å². The molecule has 0 spiro atoms. The van der Waals surface area contributed by atoms with E-state index in [1.807, 2.05) is 0 Å². The zero-order valence-electron chi connectivity index (χ0n) is 19.7. The molecule has 4 aliphatic rings. The highest BCUT2D eigenvalue weighted by Gasteiger charge is 2.48. The molecular weight excluding hydrogens is 443 g/mol. The van der Waals surface area contributed by atoms with Crippen molar-refractivity contribution >= 4 is 27.1 Å². The molecule has 4 heterocycles. The van der Waals surface area contributed by atoms with Gasteiger partial charge in [0.25, 0.3) is 11.4 Å². The number of hydrogen-bond donors (Lipinski definition) is 1. The van der Waals surface area contributed by atoms with Gasteiger partial charge in [-0.3, -0.25) is 4.79 Å². The standard InChI is InChI=1S/C24H37FN4O3S/c1-24(2)14-18-15-28(23(30)22(25)33(31,32)13-10-26)17-21(24)29(16-18)20-8-6-19(7-9-20)27-11-4-3-5-12-27/h6-9,18,21-22H,3-5,10-17,26H2,1-2H3/t18-,21-,22?/m1/s1. The second-order valence-electron chi connectivity index (χ2n) is 10.5. The van der Waals surface area contributed by atoms with Crippen LogP contribution >= 0.6 is 0 Å². The highest BCUT2D eigenvalue weighted by Crippen LogP contribution is 2.43. The van der Waals surface area contributed by atoms with Crippen molar-refractivity contribution < 1.29 is 17.6 Å². The van der Waals surface area contributed by atoms with Gasteiger partial charge in [0.15, 0.2) is 9.84 Å². The van der Waals surface area contributed by atoms with Crippen LogP contribution in [0.1, 0.15) is 39.5 Å². The van der Waals surface area contributed by atoms with E-state index in [-0.39, 0.29) is 23.9 Å². The topological polar surface area (TPSA) is 86.9 Å². The maximum absolute atomic E-state index is 14.7. The second-order valence-corrected chi connectivity index (χ2v) is 12.7. The van der Waals surface area contributed by atoms with Gasteiger partial charge >= 0.3 is 0 Å². The lowest BCUT2D eigenvalue weighted by Gasteiger charge is -2.48. The number of carbonyl (C=O) groups excluding carboxylic acids is 1. The zero-order valence-corrected chi connectivity index (χ0v) is 20.6. The third-order valence-electron chi connectivity index (χ3n) is 7.55. The van der Waals surface area contributed by atoms with Crippen LogP contribution in [0, 0.1) is 11.3 Å². The number of benzene rings is 1. The molecule has 0 saturated carbocycles. The first-order valence-electron chi connectivity index (χ1n) is 12.1. The number of rotatable bonds is 6. The molecule has 184 valence electrons. The Kier molecular flexibility index (Phi) is 6.92. The third-order valence-corrected chi connectivity index (χ3v) is 9.18. The van der Waals surface area contributed by atoms with E-state index in [1.165, 1.54) is 29.8 Å². The SMILES string of the molecule is CC1(C)C[C@@H]2CN(C(=O)C(F)S(=O)(=O)CCN)C[C@H]1N(c1ccc(N3CCCCC3)cc1)C2. The van der Waals surface area contributed by atoms with Crippen LogP contribution in [-0.2, 0) is 14.6 Å². The Bertz CT molecular complexity index is 947. The minimum Gasteiger partial charge on any atom is -0.372 e. The maximum Gasteiger partial charge on any atom is 0.278 e. The lowest BCUT2D eigenvalue weighted by Crippen LogP contribution is -2.54. The number of nitrogens with two attached hydrogens (primary N) is 1. The van der Waals surface area contributed by atoms with Crippen LogP contribution in [0.15, 0.2) is 24.3 Å². The van der Waals surface area contributed by atoms with Crippen molar-refractivity contribution in [1.29, 1.82) is 0 Å². The van der Waals surface area contributed by atoms with E-state index in [9.17, 15) is 17.6 Å². The molecule has 0 aromatic heterocycles. The Balaban J connectivity index is 1.54. The van der Waals surface area contributed by atoms with E-state index in [4.69, 9.17) is 5.73 Å². The molecule has 7 nitrogen and oxygen atoms in total. The summed E-state index contributed by atoms with van der Waals surface area (Å²) in [6, 6.07) is 8.62. The molecule has 4 fully saturated rings. The van der Waals surface area contributed by atoms with Gasteiger partial charge in [-0.25, -0.2) is 12.8 Å². The molecule has 5 rings (SSSR count). The first kappa shape index (κ1) is 24.3. The van der Waals surface area contributed by atoms with E-state index >= 15 is 0 Å². The van der Waals surface area contributed by atoms with Gasteiger partial charge in [-0.05, 0) is 61.3 Å². The highest BCUT2D eigenvalue weighted by molar-refractivity contribution is 7.92. The van der Waals surface area contributed by atoms with Crippen LogP contribution in [0.3, 0.4) is 0 Å². The molecule has 1 aromatic carbocycles. The third kappa shape index (κ3) is 4.99. The lowest BCUT2D eigenvalue weighted by molar-refractivity contribution is -0.133. The van der Waals surface area contributed by atoms with Gasteiger partial charge in [-0.2, -0.15) is 0 Å². The van der Waals surface area contributed by atoms with Crippen molar-refractivity contribution in [2.75, 3.05) is 54.8 Å². The summed E-state index contributed by atoms with van der Waals surface area (Å²) in [5.41, 5.74) is 5.01. The summed E-state index contributed by atoms with van der Waals surface area (Å²) in [5, 5.41) is 0. The monoisotopic (exact) mass is 480 g/mol. The largest absolute Gasteiger partial charge is 0.372 e. The molecule has 2 bridgehead atoms. The van der Waals surface area contributed by atoms with Gasteiger partial charge in [-0.1, -0.05) is 13.8 Å². The molecule has 4 aliphatic heterocycles. The fraction of sp³-hybridized carbons (Fsp3) is 0.708. The number of nitrogens with zero attached hydrogens (tertiary/aromatic N) is 3. The molecule has 1 aromatic rings. The van der Waals surface area contributed by atoms with Crippen LogP contribution in [0.2, 0.25) is 0 Å². The second kappa shape index (κ2) is 9.41. The molecule has 1 unspecified atom stereocenters. The molecule has 0 aliphatic carbocycles. The number of alkyl halides is 1. The normalized spacial score (nSPS) is 26.2. The van der Waals surface area contributed by atoms with Crippen molar-refractivity contribution in [3.05, 3.63) is 24.3 Å². The van der Waals surface area contributed by atoms with Gasteiger partial charge in [-0.15, -0.1) is 0 Å². The summed E-state index contributed by atoms with van der Waals surface area (Å²) < 4.78 is 39.0. The summed E-state index contributed by atoms with van der Waals surface area (Å²) >= 11 is 0. The predicted molar refractivity (Wildman–Crippen MR) is 130 cm³/mol. The van der Waals surface area contributed by atoms with Crippen molar-refractivity contribution in [1.82, 2.24) is 4.90 Å². The van der Waals surface area contributed by atoms with Gasteiger partial charge in [0.2, 0.25) is 0 Å². The summed E-state index contributed by atoms with van der Waals surface area (Å²) in [6.45, 7) is 7.82. The summed E-state index contributed by atoms with van der Waals surface area (Å²) in [6.07, 6.45) is 4.66. The first-order valence-corrected chi connectivity index (χ1v) is 13.8. The van der Waals surface area contributed by atoms with Gasteiger partial charge < -0.3 is 20.4 Å². The predicted octanol–water partition coefficient (Wildman–Crippen LogP) is 2.41. The Morgan fingerprint density at radius 3 is 2.36 bits per heavy atom. The van der Waals surface area contributed by atoms with Gasteiger partial charge in [0.1, 0.15) is 0 Å². The van der Waals surface area contributed by atoms with Crippen LogP contribution < -0.4 is 15.5 Å². The number of piperidine rings is 2. The summed E-state index contributed by atoms with van der Waals surface area (Å²) in [5.74, 6) is -1.32. The first-order chi connectivity index (χ1) is 15.6. The Morgan fingerprint density at radius 2 is 1.73 bits per heavy atom. The van der Waals surface area contributed by atoms with Crippen molar-refractivity contribution in [3.63, 3.8) is 0 Å². The van der Waals surface area contributed by atoms with Gasteiger partial charge in [0.05, 0.1) is 11.8 Å². The van der Waals surface area contributed by atoms with Crippen LogP contribution in [-0.4, -0.2) is 75.8 Å². The number of anilines is 2. The molecule has 33 heavy (non-hydrogen) atoms. The minimum absolute atomic E-state index is 0.0227. The Hall–Kier alpha value is -1.87. The van der Waals surface area contributed by atoms with Crippen LogP contribution in [0.5, 0.6) is 0 Å². The van der Waals surface area contributed by atoms with E-state index in [1.54, 1.807) is 0 Å². The van der Waals surface area contributed by atoms with E-state index < -0.39 is 27.0 Å². The Labute approximate surface area is 197 Å². The Morgan fingerprint density at radius 1 is 1.09 bits per heavy atom. The molecule has 0 radical (unpaired) electrons. The molecule has 3 atom stereocenters. The summed E-state index contributed by atoms with van der Waals surface area (Å²) in [7, 11) is -4.20. The fourth-order valence-corrected chi connectivity index (χ4v) is 6.86. The smallest absolute Gasteiger partial charge is 0.278 e. The van der Waals surface area contributed by atoms with E-state index in [2.05, 4.69) is 47.9 Å². The van der Waals surface area contributed by atoms with Crippen molar-refractivity contribution in [2.45, 2.75) is 51.1 Å². The van der Waals surface area contributed by atoms with E-state index in [0.717, 1.165) is 31.7 Å². The lowest BCUT2D eigenvalue weighted by atomic mass is 9.73. The van der Waals surface area contributed by atoms with Crippen LogP contribution in [0.4, 0.5) is 15.8 Å². The highest BCUT2D eigenvalue weighted by atomic mass is 32.2. The fourth-order valence-electron chi connectivity index (χ4n) is 5.87. The number of amides is 1. The number of halogens is 1. The molecule has 2 N–H and O–H groups in total. The summed E-state index contributed by atoms with van der Waals surface area (Å²) in [4.78, 5) is 19.1.